The van der Waals surface area contributed by atoms with Crippen molar-refractivity contribution in [1.29, 1.82) is 0 Å². The fourth-order valence-electron chi connectivity index (χ4n) is 2.25. The van der Waals surface area contributed by atoms with Crippen molar-refractivity contribution in [2.24, 2.45) is 0 Å². The summed E-state index contributed by atoms with van der Waals surface area (Å²) in [5, 5.41) is 3.47. The zero-order valence-corrected chi connectivity index (χ0v) is 11.9. The second-order valence-electron chi connectivity index (χ2n) is 4.57. The van der Waals surface area contributed by atoms with Crippen molar-refractivity contribution < 1.29 is 4.74 Å². The highest BCUT2D eigenvalue weighted by Gasteiger charge is 2.35. The molecule has 0 bridgehead atoms. The molecule has 0 aliphatic rings. The molecular formula is C14H25N3O. The van der Waals surface area contributed by atoms with E-state index in [0.29, 0.717) is 12.4 Å². The van der Waals surface area contributed by atoms with E-state index in [2.05, 4.69) is 31.1 Å². The highest BCUT2D eigenvalue weighted by molar-refractivity contribution is 5.42. The molecule has 4 heteroatoms. The molecule has 2 unspecified atom stereocenters. The summed E-state index contributed by atoms with van der Waals surface area (Å²) < 4.78 is 5.96. The van der Waals surface area contributed by atoms with E-state index in [1.54, 1.807) is 6.20 Å². The number of pyridine rings is 1. The summed E-state index contributed by atoms with van der Waals surface area (Å²) >= 11 is 0. The third kappa shape index (κ3) is 3.21. The second kappa shape index (κ2) is 6.71. The van der Waals surface area contributed by atoms with Gasteiger partial charge in [0.25, 0.3) is 0 Å². The van der Waals surface area contributed by atoms with Crippen LogP contribution in [0.5, 0.6) is 0 Å². The monoisotopic (exact) mass is 251 g/mol. The van der Waals surface area contributed by atoms with Crippen LogP contribution >= 0.6 is 0 Å². The van der Waals surface area contributed by atoms with Crippen LogP contribution in [0.3, 0.4) is 0 Å². The van der Waals surface area contributed by atoms with Gasteiger partial charge in [0.15, 0.2) is 0 Å². The normalized spacial score (nSPS) is 16.2. The van der Waals surface area contributed by atoms with Gasteiger partial charge in [0, 0.05) is 18.4 Å². The van der Waals surface area contributed by atoms with Gasteiger partial charge in [0.1, 0.15) is 5.82 Å². The van der Waals surface area contributed by atoms with E-state index in [1.165, 1.54) is 0 Å². The first-order valence-electron chi connectivity index (χ1n) is 6.66. The minimum atomic E-state index is -0.276. The Labute approximate surface area is 110 Å². The summed E-state index contributed by atoms with van der Waals surface area (Å²) in [6.07, 6.45) is 2.62. The summed E-state index contributed by atoms with van der Waals surface area (Å²) in [5.74, 6) is 0.572. The van der Waals surface area contributed by atoms with Crippen LogP contribution in [0.4, 0.5) is 5.82 Å². The molecule has 0 aliphatic carbocycles. The largest absolute Gasteiger partial charge is 0.383 e. The molecule has 4 nitrogen and oxygen atoms in total. The smallest absolute Gasteiger partial charge is 0.128 e. The van der Waals surface area contributed by atoms with Crippen LogP contribution in [0, 0.1) is 0 Å². The van der Waals surface area contributed by atoms with Gasteiger partial charge >= 0.3 is 0 Å². The molecular weight excluding hydrogens is 226 g/mol. The third-order valence-corrected chi connectivity index (χ3v) is 3.38. The molecule has 1 rings (SSSR count). The average Bonchev–Trinajstić information content (AvgIpc) is 2.37. The van der Waals surface area contributed by atoms with Crippen LogP contribution in [0.1, 0.15) is 45.7 Å². The van der Waals surface area contributed by atoms with Crippen LogP contribution in [-0.4, -0.2) is 23.7 Å². The number of hydrogen-bond donors (Lipinski definition) is 2. The van der Waals surface area contributed by atoms with Gasteiger partial charge in [-0.05, 0) is 32.9 Å². The Kier molecular flexibility index (Phi) is 5.56. The molecule has 0 spiro atoms. The number of rotatable bonds is 7. The minimum absolute atomic E-state index is 0.0566. The SMILES string of the molecule is CCNC(c1cccnc1N)C(C)(CC)OCC. The lowest BCUT2D eigenvalue weighted by molar-refractivity contribution is -0.0559. The third-order valence-electron chi connectivity index (χ3n) is 3.38. The van der Waals surface area contributed by atoms with Crippen molar-refractivity contribution in [3.05, 3.63) is 23.9 Å². The quantitative estimate of drug-likeness (QED) is 0.781. The molecule has 0 aliphatic heterocycles. The molecule has 2 atom stereocenters. The summed E-state index contributed by atoms with van der Waals surface area (Å²) in [5.41, 5.74) is 6.73. The maximum absolute atomic E-state index is 5.99. The molecule has 0 saturated heterocycles. The molecule has 0 saturated carbocycles. The maximum atomic E-state index is 5.99. The first-order valence-corrected chi connectivity index (χ1v) is 6.66. The molecule has 1 aromatic heterocycles. The van der Waals surface area contributed by atoms with Crippen LogP contribution < -0.4 is 11.1 Å². The Morgan fingerprint density at radius 1 is 1.44 bits per heavy atom. The van der Waals surface area contributed by atoms with Crippen LogP contribution in [0.2, 0.25) is 0 Å². The summed E-state index contributed by atoms with van der Waals surface area (Å²) in [6.45, 7) is 9.90. The summed E-state index contributed by atoms with van der Waals surface area (Å²) in [4.78, 5) is 4.17. The van der Waals surface area contributed by atoms with E-state index in [9.17, 15) is 0 Å². The standard InChI is InChI=1S/C14H25N3O/c1-5-14(4,18-7-3)12(16-6-2)11-9-8-10-17-13(11)15/h8-10,12,16H,5-7H2,1-4H3,(H2,15,17). The fourth-order valence-corrected chi connectivity index (χ4v) is 2.25. The molecule has 18 heavy (non-hydrogen) atoms. The van der Waals surface area contributed by atoms with E-state index >= 15 is 0 Å². The molecule has 0 radical (unpaired) electrons. The number of aromatic nitrogens is 1. The molecule has 102 valence electrons. The Morgan fingerprint density at radius 2 is 2.17 bits per heavy atom. The van der Waals surface area contributed by atoms with Crippen molar-refractivity contribution in [3.63, 3.8) is 0 Å². The lowest BCUT2D eigenvalue weighted by atomic mass is 9.87. The van der Waals surface area contributed by atoms with Gasteiger partial charge < -0.3 is 15.8 Å². The number of anilines is 1. The molecule has 0 aromatic carbocycles. The lowest BCUT2D eigenvalue weighted by Gasteiger charge is -2.37. The Hall–Kier alpha value is -1.13. The minimum Gasteiger partial charge on any atom is -0.383 e. The van der Waals surface area contributed by atoms with Crippen molar-refractivity contribution >= 4 is 5.82 Å². The van der Waals surface area contributed by atoms with E-state index in [4.69, 9.17) is 10.5 Å². The molecule has 3 N–H and O–H groups in total. The van der Waals surface area contributed by atoms with Gasteiger partial charge in [0.05, 0.1) is 11.6 Å². The van der Waals surface area contributed by atoms with Crippen molar-refractivity contribution in [2.45, 2.75) is 45.8 Å². The number of nitrogens with one attached hydrogen (secondary N) is 1. The van der Waals surface area contributed by atoms with E-state index in [-0.39, 0.29) is 11.6 Å². The zero-order valence-electron chi connectivity index (χ0n) is 11.9. The van der Waals surface area contributed by atoms with E-state index < -0.39 is 0 Å². The second-order valence-corrected chi connectivity index (χ2v) is 4.57. The van der Waals surface area contributed by atoms with Gasteiger partial charge in [-0.3, -0.25) is 0 Å². The Bertz CT molecular complexity index is 370. The van der Waals surface area contributed by atoms with Crippen molar-refractivity contribution in [1.82, 2.24) is 10.3 Å². The Morgan fingerprint density at radius 3 is 2.67 bits per heavy atom. The number of hydrogen-bond acceptors (Lipinski definition) is 4. The summed E-state index contributed by atoms with van der Waals surface area (Å²) in [6, 6.07) is 3.99. The number of nitrogen functional groups attached to an aromatic ring is 1. The number of ether oxygens (including phenoxy) is 1. The number of nitrogens with two attached hydrogens (primary N) is 1. The van der Waals surface area contributed by atoms with Crippen LogP contribution in [0.15, 0.2) is 18.3 Å². The predicted octanol–water partition coefficient (Wildman–Crippen LogP) is 2.52. The van der Waals surface area contributed by atoms with Crippen LogP contribution in [-0.2, 0) is 4.74 Å². The highest BCUT2D eigenvalue weighted by Crippen LogP contribution is 2.34. The molecule has 0 amide bonds. The topological polar surface area (TPSA) is 60.2 Å². The highest BCUT2D eigenvalue weighted by atomic mass is 16.5. The first kappa shape index (κ1) is 14.9. The number of nitrogens with zero attached hydrogens (tertiary/aromatic N) is 1. The van der Waals surface area contributed by atoms with Gasteiger partial charge in [0.2, 0.25) is 0 Å². The van der Waals surface area contributed by atoms with Gasteiger partial charge in [-0.1, -0.05) is 19.9 Å². The van der Waals surface area contributed by atoms with Crippen molar-refractivity contribution in [3.8, 4) is 0 Å². The Balaban J connectivity index is 3.12. The number of likely N-dealkylation sites (N-methyl/N-ethyl adjacent to an activating group) is 1. The van der Waals surface area contributed by atoms with Crippen LogP contribution in [0.25, 0.3) is 0 Å². The van der Waals surface area contributed by atoms with E-state index in [0.717, 1.165) is 18.5 Å². The summed E-state index contributed by atoms with van der Waals surface area (Å²) in [7, 11) is 0. The van der Waals surface area contributed by atoms with Gasteiger partial charge in [-0.25, -0.2) is 4.98 Å². The molecule has 0 fully saturated rings. The predicted molar refractivity (Wildman–Crippen MR) is 75.4 cm³/mol. The average molecular weight is 251 g/mol. The van der Waals surface area contributed by atoms with Crippen molar-refractivity contribution in [2.75, 3.05) is 18.9 Å². The lowest BCUT2D eigenvalue weighted by Crippen LogP contribution is -2.44. The van der Waals surface area contributed by atoms with Gasteiger partial charge in [-0.2, -0.15) is 0 Å². The zero-order chi connectivity index (χ0) is 13.6. The molecule has 1 aromatic rings. The van der Waals surface area contributed by atoms with E-state index in [1.807, 2.05) is 19.1 Å². The van der Waals surface area contributed by atoms with Gasteiger partial charge in [-0.15, -0.1) is 0 Å². The fraction of sp³-hybridized carbons (Fsp3) is 0.643. The first-order chi connectivity index (χ1) is 8.59. The maximum Gasteiger partial charge on any atom is 0.128 e. The molecule has 1 heterocycles.